The number of aromatic nitrogens is 2. The molecule has 0 aromatic carbocycles. The molecule has 1 aliphatic carbocycles. The normalized spacial score (nSPS) is 27.3. The molecule has 2 fully saturated rings. The van der Waals surface area contributed by atoms with Crippen LogP contribution in [0.2, 0.25) is 0 Å². The number of rotatable bonds is 4. The highest BCUT2D eigenvalue weighted by Crippen LogP contribution is 2.37. The van der Waals surface area contributed by atoms with Crippen molar-refractivity contribution in [3.05, 3.63) is 17.5 Å². The average molecular weight is 304 g/mol. The fourth-order valence-electron chi connectivity index (χ4n) is 2.96. The summed E-state index contributed by atoms with van der Waals surface area (Å²) in [4.78, 5) is 26.2. The second-order valence-corrected chi connectivity index (χ2v) is 6.93. The van der Waals surface area contributed by atoms with Gasteiger partial charge in [0.05, 0.1) is 0 Å². The Balaban J connectivity index is 1.55. The van der Waals surface area contributed by atoms with Gasteiger partial charge in [-0.25, -0.2) is 0 Å². The highest BCUT2D eigenvalue weighted by Gasteiger charge is 2.40. The molecule has 2 aliphatic rings. The molecule has 1 aromatic heterocycles. The number of carbonyl (C=O) groups is 2. The summed E-state index contributed by atoms with van der Waals surface area (Å²) in [6.07, 6.45) is 1.81. The van der Waals surface area contributed by atoms with Gasteiger partial charge in [0.15, 0.2) is 0 Å². The number of aromatic amines is 1. The van der Waals surface area contributed by atoms with Gasteiger partial charge in [0.1, 0.15) is 5.69 Å². The number of likely N-dealkylation sites (tertiary alicyclic amines) is 1. The van der Waals surface area contributed by atoms with Crippen LogP contribution in [-0.4, -0.2) is 46.0 Å². The van der Waals surface area contributed by atoms with Crippen LogP contribution in [0.25, 0.3) is 0 Å². The zero-order valence-electron chi connectivity index (χ0n) is 13.4. The standard InChI is InChI=1S/C16H24N4O2/c1-9(2)13-7-14(19-18-13)16(22)20-5-4-11(8-20)17-15(21)12-6-10(12)3/h7,9-12H,4-6,8H2,1-3H3,(H,17,21)(H,18,19)/t10-,11-,12+/m1/s1. The summed E-state index contributed by atoms with van der Waals surface area (Å²) in [7, 11) is 0. The molecule has 6 heteroatoms. The molecule has 2 N–H and O–H groups in total. The first-order valence-electron chi connectivity index (χ1n) is 8.10. The Hall–Kier alpha value is -1.85. The van der Waals surface area contributed by atoms with Crippen molar-refractivity contribution in [3.8, 4) is 0 Å². The summed E-state index contributed by atoms with van der Waals surface area (Å²) in [5.74, 6) is 1.11. The van der Waals surface area contributed by atoms with Crippen LogP contribution < -0.4 is 5.32 Å². The van der Waals surface area contributed by atoms with E-state index in [0.717, 1.165) is 18.5 Å². The lowest BCUT2D eigenvalue weighted by Gasteiger charge is -2.16. The molecule has 120 valence electrons. The van der Waals surface area contributed by atoms with Gasteiger partial charge in [-0.3, -0.25) is 14.7 Å². The third-order valence-electron chi connectivity index (χ3n) is 4.71. The van der Waals surface area contributed by atoms with E-state index in [1.54, 1.807) is 4.90 Å². The molecule has 1 saturated carbocycles. The molecule has 2 heterocycles. The summed E-state index contributed by atoms with van der Waals surface area (Å²) < 4.78 is 0. The molecule has 2 amide bonds. The van der Waals surface area contributed by atoms with Crippen molar-refractivity contribution in [2.45, 2.75) is 45.6 Å². The zero-order valence-corrected chi connectivity index (χ0v) is 13.4. The Morgan fingerprint density at radius 3 is 2.77 bits per heavy atom. The summed E-state index contributed by atoms with van der Waals surface area (Å²) in [6.45, 7) is 7.46. The lowest BCUT2D eigenvalue weighted by atomic mass is 10.1. The third-order valence-corrected chi connectivity index (χ3v) is 4.71. The fraction of sp³-hybridized carbons (Fsp3) is 0.688. The van der Waals surface area contributed by atoms with Crippen LogP contribution in [0.15, 0.2) is 6.07 Å². The molecule has 3 rings (SSSR count). The van der Waals surface area contributed by atoms with E-state index in [2.05, 4.69) is 36.3 Å². The SMILES string of the molecule is CC(C)c1cc(C(=O)N2CC[C@@H](NC(=O)[C@H]3C[C@H]3C)C2)n[nH]1. The monoisotopic (exact) mass is 304 g/mol. The van der Waals surface area contributed by atoms with Gasteiger partial charge >= 0.3 is 0 Å². The lowest BCUT2D eigenvalue weighted by Crippen LogP contribution is -2.39. The summed E-state index contributed by atoms with van der Waals surface area (Å²) in [6, 6.07) is 1.90. The van der Waals surface area contributed by atoms with Crippen LogP contribution in [0, 0.1) is 11.8 Å². The predicted molar refractivity (Wildman–Crippen MR) is 82.4 cm³/mol. The Morgan fingerprint density at radius 1 is 1.45 bits per heavy atom. The van der Waals surface area contributed by atoms with E-state index in [4.69, 9.17) is 0 Å². The van der Waals surface area contributed by atoms with Gasteiger partial charge in [0.2, 0.25) is 5.91 Å². The van der Waals surface area contributed by atoms with E-state index in [0.29, 0.717) is 30.6 Å². The van der Waals surface area contributed by atoms with Crippen molar-refractivity contribution in [3.63, 3.8) is 0 Å². The minimum absolute atomic E-state index is 0.0558. The Labute approximate surface area is 130 Å². The Bertz CT molecular complexity index is 580. The molecule has 3 atom stereocenters. The van der Waals surface area contributed by atoms with Gasteiger partial charge in [-0.05, 0) is 30.7 Å². The van der Waals surface area contributed by atoms with Crippen molar-refractivity contribution < 1.29 is 9.59 Å². The topological polar surface area (TPSA) is 78.1 Å². The number of H-pyrrole nitrogens is 1. The van der Waals surface area contributed by atoms with E-state index in [-0.39, 0.29) is 23.8 Å². The zero-order chi connectivity index (χ0) is 15.9. The minimum atomic E-state index is -0.0558. The predicted octanol–water partition coefficient (Wildman–Crippen LogP) is 1.52. The third kappa shape index (κ3) is 3.00. The van der Waals surface area contributed by atoms with Crippen LogP contribution >= 0.6 is 0 Å². The number of amides is 2. The minimum Gasteiger partial charge on any atom is -0.351 e. The number of nitrogens with one attached hydrogen (secondary N) is 2. The second kappa shape index (κ2) is 5.74. The smallest absolute Gasteiger partial charge is 0.274 e. The molecule has 0 radical (unpaired) electrons. The van der Waals surface area contributed by atoms with Crippen molar-refractivity contribution in [2.75, 3.05) is 13.1 Å². The summed E-state index contributed by atoms with van der Waals surface area (Å²) in [5, 5.41) is 10.1. The highest BCUT2D eigenvalue weighted by atomic mass is 16.2. The van der Waals surface area contributed by atoms with Gasteiger partial charge < -0.3 is 10.2 Å². The van der Waals surface area contributed by atoms with Crippen molar-refractivity contribution >= 4 is 11.8 Å². The Morgan fingerprint density at radius 2 is 2.18 bits per heavy atom. The van der Waals surface area contributed by atoms with Gasteiger partial charge in [0, 0.05) is 30.7 Å². The molecular weight excluding hydrogens is 280 g/mol. The molecule has 0 spiro atoms. The van der Waals surface area contributed by atoms with Crippen LogP contribution in [0.1, 0.15) is 55.7 Å². The number of carbonyl (C=O) groups excluding carboxylic acids is 2. The first-order valence-corrected chi connectivity index (χ1v) is 8.10. The average Bonchev–Trinajstić information content (AvgIpc) is 2.93. The number of nitrogens with zero attached hydrogens (tertiary/aromatic N) is 2. The highest BCUT2D eigenvalue weighted by molar-refractivity contribution is 5.92. The molecule has 1 saturated heterocycles. The van der Waals surface area contributed by atoms with Crippen LogP contribution in [0.5, 0.6) is 0 Å². The van der Waals surface area contributed by atoms with Crippen molar-refractivity contribution in [1.82, 2.24) is 20.4 Å². The largest absolute Gasteiger partial charge is 0.351 e. The van der Waals surface area contributed by atoms with E-state index < -0.39 is 0 Å². The summed E-state index contributed by atoms with van der Waals surface area (Å²) >= 11 is 0. The van der Waals surface area contributed by atoms with E-state index in [9.17, 15) is 9.59 Å². The Kier molecular flexibility index (Phi) is 3.93. The summed E-state index contributed by atoms with van der Waals surface area (Å²) in [5.41, 5.74) is 1.43. The van der Waals surface area contributed by atoms with Gasteiger partial charge in [0.25, 0.3) is 5.91 Å². The van der Waals surface area contributed by atoms with Crippen LogP contribution in [0.3, 0.4) is 0 Å². The molecular formula is C16H24N4O2. The van der Waals surface area contributed by atoms with Crippen LogP contribution in [-0.2, 0) is 4.79 Å². The quantitative estimate of drug-likeness (QED) is 0.885. The molecule has 0 unspecified atom stereocenters. The van der Waals surface area contributed by atoms with E-state index >= 15 is 0 Å². The molecule has 6 nitrogen and oxygen atoms in total. The maximum Gasteiger partial charge on any atom is 0.274 e. The molecule has 1 aliphatic heterocycles. The van der Waals surface area contributed by atoms with E-state index in [1.165, 1.54) is 0 Å². The number of hydrogen-bond acceptors (Lipinski definition) is 3. The maximum absolute atomic E-state index is 12.4. The van der Waals surface area contributed by atoms with Gasteiger partial charge in [-0.15, -0.1) is 0 Å². The first kappa shape index (κ1) is 15.1. The second-order valence-electron chi connectivity index (χ2n) is 6.93. The van der Waals surface area contributed by atoms with Crippen molar-refractivity contribution in [2.24, 2.45) is 11.8 Å². The van der Waals surface area contributed by atoms with Gasteiger partial charge in [-0.1, -0.05) is 20.8 Å². The molecule has 22 heavy (non-hydrogen) atoms. The molecule has 0 bridgehead atoms. The van der Waals surface area contributed by atoms with E-state index in [1.807, 2.05) is 6.07 Å². The molecule has 1 aromatic rings. The lowest BCUT2D eigenvalue weighted by molar-refractivity contribution is -0.123. The maximum atomic E-state index is 12.4. The van der Waals surface area contributed by atoms with Crippen LogP contribution in [0.4, 0.5) is 0 Å². The van der Waals surface area contributed by atoms with Crippen molar-refractivity contribution in [1.29, 1.82) is 0 Å². The fourth-order valence-corrected chi connectivity index (χ4v) is 2.96. The van der Waals surface area contributed by atoms with Gasteiger partial charge in [-0.2, -0.15) is 5.10 Å². The first-order chi connectivity index (χ1) is 10.5. The number of hydrogen-bond donors (Lipinski definition) is 2.